The molecule has 144 valence electrons. The number of carbonyl (C=O) groups is 1. The molecule has 4 rings (SSSR count). The fourth-order valence-electron chi connectivity index (χ4n) is 4.31. The first kappa shape index (κ1) is 18.0. The Kier molecular flexibility index (Phi) is 4.44. The smallest absolute Gasteiger partial charge is 0.261 e. The molecule has 1 saturated heterocycles. The average molecular weight is 369 g/mol. The number of ether oxygens (including phenoxy) is 1. The van der Waals surface area contributed by atoms with Gasteiger partial charge >= 0.3 is 0 Å². The normalized spacial score (nSPS) is 24.0. The maximum atomic E-state index is 13.0. The van der Waals surface area contributed by atoms with Crippen molar-refractivity contribution < 1.29 is 13.9 Å². The van der Waals surface area contributed by atoms with Gasteiger partial charge in [0.25, 0.3) is 5.91 Å². The Bertz CT molecular complexity index is 860. The number of aromatic nitrogens is 2. The van der Waals surface area contributed by atoms with Gasteiger partial charge in [-0.25, -0.2) is 0 Å². The third kappa shape index (κ3) is 2.91. The number of hydrogen-bond acceptors (Lipinski definition) is 5. The van der Waals surface area contributed by atoms with E-state index in [0.717, 1.165) is 42.7 Å². The topological polar surface area (TPSA) is 68.5 Å². The van der Waals surface area contributed by atoms with Crippen molar-refractivity contribution in [2.24, 2.45) is 5.92 Å². The summed E-state index contributed by atoms with van der Waals surface area (Å²) in [4.78, 5) is 15.0. The number of hydrogen-bond donors (Lipinski definition) is 0. The van der Waals surface area contributed by atoms with Crippen molar-refractivity contribution >= 4 is 5.91 Å². The van der Waals surface area contributed by atoms with Crippen LogP contribution in [0.4, 0.5) is 0 Å². The highest BCUT2D eigenvalue weighted by Crippen LogP contribution is 2.56. The molecule has 2 atom stereocenters. The third-order valence-corrected chi connectivity index (χ3v) is 6.03. The second-order valence-corrected chi connectivity index (χ2v) is 8.15. The monoisotopic (exact) mass is 369 g/mol. The SMILES string of the molecule is Cc1ccc(C)c(OCC(=O)N2CC[C@@H]3CC[C@@]32c2nnc(C(C)C)o2)c1. The summed E-state index contributed by atoms with van der Waals surface area (Å²) in [7, 11) is 0. The first-order valence-electron chi connectivity index (χ1n) is 9.76. The Labute approximate surface area is 159 Å². The predicted molar refractivity (Wildman–Crippen MR) is 101 cm³/mol. The molecular formula is C21H27N3O3. The first-order valence-corrected chi connectivity index (χ1v) is 9.76. The zero-order valence-electron chi connectivity index (χ0n) is 16.5. The molecule has 2 heterocycles. The molecule has 1 aromatic carbocycles. The molecule has 1 aromatic heterocycles. The lowest BCUT2D eigenvalue weighted by atomic mass is 9.67. The summed E-state index contributed by atoms with van der Waals surface area (Å²) in [5.74, 6) is 2.57. The van der Waals surface area contributed by atoms with Crippen LogP contribution in [-0.2, 0) is 10.3 Å². The van der Waals surface area contributed by atoms with E-state index in [1.54, 1.807) is 0 Å². The number of aryl methyl sites for hydroxylation is 2. The maximum Gasteiger partial charge on any atom is 0.261 e. The minimum absolute atomic E-state index is 0.0117. The van der Waals surface area contributed by atoms with Crippen LogP contribution in [0, 0.1) is 19.8 Å². The van der Waals surface area contributed by atoms with Gasteiger partial charge in [-0.3, -0.25) is 4.79 Å². The molecule has 6 nitrogen and oxygen atoms in total. The zero-order chi connectivity index (χ0) is 19.2. The number of amides is 1. The van der Waals surface area contributed by atoms with Crippen molar-refractivity contribution in [3.8, 4) is 5.75 Å². The lowest BCUT2D eigenvalue weighted by Gasteiger charge is -2.47. The van der Waals surface area contributed by atoms with E-state index in [1.165, 1.54) is 0 Å². The fourth-order valence-corrected chi connectivity index (χ4v) is 4.31. The molecule has 0 radical (unpaired) electrons. The van der Waals surface area contributed by atoms with Crippen LogP contribution in [0.25, 0.3) is 0 Å². The molecule has 0 bridgehead atoms. The number of benzene rings is 1. The summed E-state index contributed by atoms with van der Waals surface area (Å²) in [6.45, 7) is 8.82. The Balaban J connectivity index is 1.53. The van der Waals surface area contributed by atoms with Gasteiger partial charge in [-0.1, -0.05) is 26.0 Å². The van der Waals surface area contributed by atoms with Crippen LogP contribution in [0.1, 0.15) is 61.9 Å². The number of nitrogens with zero attached hydrogens (tertiary/aromatic N) is 3. The van der Waals surface area contributed by atoms with Crippen LogP contribution < -0.4 is 4.74 Å². The Morgan fingerprint density at radius 3 is 2.81 bits per heavy atom. The van der Waals surface area contributed by atoms with Gasteiger partial charge in [-0.2, -0.15) is 0 Å². The molecule has 1 aliphatic heterocycles. The molecule has 0 spiro atoms. The highest BCUT2D eigenvalue weighted by molar-refractivity contribution is 5.79. The van der Waals surface area contributed by atoms with Gasteiger partial charge in [-0.15, -0.1) is 10.2 Å². The second kappa shape index (κ2) is 6.66. The van der Waals surface area contributed by atoms with Crippen molar-refractivity contribution in [1.82, 2.24) is 15.1 Å². The van der Waals surface area contributed by atoms with Gasteiger partial charge in [0.2, 0.25) is 11.8 Å². The van der Waals surface area contributed by atoms with Crippen molar-refractivity contribution in [3.05, 3.63) is 41.1 Å². The Hall–Kier alpha value is -2.37. The molecule has 2 aromatic rings. The van der Waals surface area contributed by atoms with E-state index >= 15 is 0 Å². The van der Waals surface area contributed by atoms with Crippen LogP contribution in [0.2, 0.25) is 0 Å². The number of rotatable bonds is 5. The minimum atomic E-state index is -0.428. The molecule has 1 aliphatic carbocycles. The summed E-state index contributed by atoms with van der Waals surface area (Å²) in [5, 5.41) is 8.51. The van der Waals surface area contributed by atoms with Gasteiger partial charge in [0.15, 0.2) is 6.61 Å². The van der Waals surface area contributed by atoms with Crippen molar-refractivity contribution in [2.75, 3.05) is 13.2 Å². The van der Waals surface area contributed by atoms with Crippen LogP contribution in [-0.4, -0.2) is 34.2 Å². The summed E-state index contributed by atoms with van der Waals surface area (Å²) >= 11 is 0. The molecule has 27 heavy (non-hydrogen) atoms. The van der Waals surface area contributed by atoms with E-state index in [-0.39, 0.29) is 18.4 Å². The fraction of sp³-hybridized carbons (Fsp3) is 0.571. The molecular weight excluding hydrogens is 342 g/mol. The molecule has 2 fully saturated rings. The lowest BCUT2D eigenvalue weighted by Crippen LogP contribution is -2.55. The number of carbonyl (C=O) groups excluding carboxylic acids is 1. The van der Waals surface area contributed by atoms with Gasteiger partial charge in [0.05, 0.1) is 0 Å². The van der Waals surface area contributed by atoms with Gasteiger partial charge in [-0.05, 0) is 56.2 Å². The maximum absolute atomic E-state index is 13.0. The minimum Gasteiger partial charge on any atom is -0.483 e. The highest BCUT2D eigenvalue weighted by Gasteiger charge is 2.61. The average Bonchev–Trinajstić information content (AvgIpc) is 3.19. The highest BCUT2D eigenvalue weighted by atomic mass is 16.5. The van der Waals surface area contributed by atoms with E-state index in [1.807, 2.05) is 50.8 Å². The van der Waals surface area contributed by atoms with Gasteiger partial charge in [0.1, 0.15) is 11.3 Å². The Morgan fingerprint density at radius 1 is 1.33 bits per heavy atom. The molecule has 2 aliphatic rings. The van der Waals surface area contributed by atoms with E-state index in [0.29, 0.717) is 17.7 Å². The molecule has 1 saturated carbocycles. The predicted octanol–water partition coefficient (Wildman–Crippen LogP) is 3.73. The molecule has 6 heteroatoms. The summed E-state index contributed by atoms with van der Waals surface area (Å²) in [6, 6.07) is 6.03. The van der Waals surface area contributed by atoms with Gasteiger partial charge < -0.3 is 14.1 Å². The van der Waals surface area contributed by atoms with Crippen LogP contribution >= 0.6 is 0 Å². The van der Waals surface area contributed by atoms with Crippen molar-refractivity contribution in [2.45, 2.75) is 58.4 Å². The van der Waals surface area contributed by atoms with E-state index in [9.17, 15) is 4.79 Å². The Morgan fingerprint density at radius 2 is 2.15 bits per heavy atom. The summed E-state index contributed by atoms with van der Waals surface area (Å²) < 4.78 is 11.8. The van der Waals surface area contributed by atoms with Crippen molar-refractivity contribution in [1.29, 1.82) is 0 Å². The van der Waals surface area contributed by atoms with E-state index in [2.05, 4.69) is 10.2 Å². The van der Waals surface area contributed by atoms with E-state index < -0.39 is 5.54 Å². The molecule has 0 unspecified atom stereocenters. The van der Waals surface area contributed by atoms with Crippen LogP contribution in [0.3, 0.4) is 0 Å². The quantitative estimate of drug-likeness (QED) is 0.803. The second-order valence-electron chi connectivity index (χ2n) is 8.15. The summed E-state index contributed by atoms with van der Waals surface area (Å²) in [6.07, 6.45) is 2.96. The first-order chi connectivity index (χ1) is 12.9. The van der Waals surface area contributed by atoms with Crippen LogP contribution in [0.5, 0.6) is 5.75 Å². The summed E-state index contributed by atoms with van der Waals surface area (Å²) in [5.41, 5.74) is 1.72. The van der Waals surface area contributed by atoms with Crippen LogP contribution in [0.15, 0.2) is 22.6 Å². The lowest BCUT2D eigenvalue weighted by molar-refractivity contribution is -0.144. The molecule has 1 amide bonds. The standard InChI is InChI=1S/C21H27N3O3/c1-13(2)19-22-23-20(27-19)21-9-7-16(21)8-10-24(21)18(25)12-26-17-11-14(3)5-6-15(17)4/h5-6,11,13,16H,7-10,12H2,1-4H3/t16-,21-/m0/s1. The number of likely N-dealkylation sites (tertiary alicyclic amines) is 1. The molecule has 0 N–H and O–H groups in total. The zero-order valence-corrected chi connectivity index (χ0v) is 16.5. The van der Waals surface area contributed by atoms with E-state index in [4.69, 9.17) is 9.15 Å². The van der Waals surface area contributed by atoms with Crippen molar-refractivity contribution in [3.63, 3.8) is 0 Å². The third-order valence-electron chi connectivity index (χ3n) is 6.03. The van der Waals surface area contributed by atoms with Gasteiger partial charge in [0, 0.05) is 12.5 Å². The largest absolute Gasteiger partial charge is 0.483 e. The number of fused-ring (bicyclic) bond motifs is 1.